The van der Waals surface area contributed by atoms with Crippen LogP contribution in [0.4, 0.5) is 11.4 Å². The van der Waals surface area contributed by atoms with E-state index < -0.39 is 18.5 Å². The molecule has 10 heteroatoms. The van der Waals surface area contributed by atoms with Crippen LogP contribution in [-0.4, -0.2) is 31.5 Å². The van der Waals surface area contributed by atoms with Gasteiger partial charge in [-0.15, -0.1) is 0 Å². The maximum atomic E-state index is 12.2. The van der Waals surface area contributed by atoms with Gasteiger partial charge in [-0.1, -0.05) is 27.5 Å². The van der Waals surface area contributed by atoms with Gasteiger partial charge in [0.05, 0.1) is 17.8 Å². The number of nitrogens with one attached hydrogen (secondary N) is 2. The number of rotatable bonds is 11. The van der Waals surface area contributed by atoms with Gasteiger partial charge in [-0.3, -0.25) is 14.4 Å². The average molecular weight is 576 g/mol. The molecule has 0 aromatic heterocycles. The molecule has 0 saturated heterocycles. The van der Waals surface area contributed by atoms with Crippen molar-refractivity contribution in [3.8, 4) is 17.2 Å². The van der Waals surface area contributed by atoms with Crippen molar-refractivity contribution in [2.45, 2.75) is 19.3 Å². The number of ether oxygens (including phenoxy) is 3. The molecular weight excluding hydrogens is 552 g/mol. The maximum absolute atomic E-state index is 12.2. The lowest BCUT2D eigenvalue weighted by Crippen LogP contribution is -2.21. The van der Waals surface area contributed by atoms with Gasteiger partial charge >= 0.3 is 5.97 Å². The fourth-order valence-electron chi connectivity index (χ4n) is 3.00. The summed E-state index contributed by atoms with van der Waals surface area (Å²) in [5, 5.41) is 5.69. The van der Waals surface area contributed by atoms with E-state index in [0.29, 0.717) is 27.9 Å². The monoisotopic (exact) mass is 574 g/mol. The fourth-order valence-corrected chi connectivity index (χ4v) is 3.72. The zero-order chi connectivity index (χ0) is 25.9. The van der Waals surface area contributed by atoms with Gasteiger partial charge in [0.25, 0.3) is 5.91 Å². The summed E-state index contributed by atoms with van der Waals surface area (Å²) in [6.07, 6.45) is 0.414. The van der Waals surface area contributed by atoms with E-state index in [1.165, 1.54) is 0 Å². The third kappa shape index (κ3) is 8.90. The molecule has 8 nitrogen and oxygen atoms in total. The van der Waals surface area contributed by atoms with Gasteiger partial charge in [-0.2, -0.15) is 0 Å². The van der Waals surface area contributed by atoms with Crippen molar-refractivity contribution in [1.82, 2.24) is 0 Å². The number of benzene rings is 3. The van der Waals surface area contributed by atoms with E-state index in [-0.39, 0.29) is 25.2 Å². The molecule has 3 aromatic carbocycles. The Labute approximate surface area is 222 Å². The summed E-state index contributed by atoms with van der Waals surface area (Å²) in [6, 6.07) is 19.1. The molecule has 188 valence electrons. The summed E-state index contributed by atoms with van der Waals surface area (Å²) in [7, 11) is 1.60. The minimum Gasteiger partial charge on any atom is -0.497 e. The number of anilines is 2. The lowest BCUT2D eigenvalue weighted by Gasteiger charge is -2.09. The molecule has 0 aliphatic heterocycles. The molecule has 0 radical (unpaired) electrons. The van der Waals surface area contributed by atoms with Gasteiger partial charge in [0.15, 0.2) is 6.61 Å². The van der Waals surface area contributed by atoms with E-state index in [0.717, 1.165) is 10.2 Å². The zero-order valence-electron chi connectivity index (χ0n) is 19.4. The van der Waals surface area contributed by atoms with Crippen LogP contribution in [0.5, 0.6) is 17.2 Å². The lowest BCUT2D eigenvalue weighted by molar-refractivity contribution is -0.147. The summed E-state index contributed by atoms with van der Waals surface area (Å²) in [6.45, 7) is -0.442. The van der Waals surface area contributed by atoms with Gasteiger partial charge in [0.1, 0.15) is 17.2 Å². The molecule has 0 bridgehead atoms. The maximum Gasteiger partial charge on any atom is 0.306 e. The first-order valence-electron chi connectivity index (χ1n) is 10.9. The second-order valence-electron chi connectivity index (χ2n) is 7.54. The van der Waals surface area contributed by atoms with Crippen molar-refractivity contribution in [2.75, 3.05) is 24.4 Å². The number of esters is 1. The van der Waals surface area contributed by atoms with Crippen molar-refractivity contribution in [3.63, 3.8) is 0 Å². The van der Waals surface area contributed by atoms with Crippen LogP contribution >= 0.6 is 27.5 Å². The van der Waals surface area contributed by atoms with Crippen LogP contribution in [0.1, 0.15) is 19.3 Å². The number of carbonyl (C=O) groups excluding carboxylic acids is 3. The summed E-state index contributed by atoms with van der Waals surface area (Å²) in [5.41, 5.74) is 1.02. The smallest absolute Gasteiger partial charge is 0.306 e. The van der Waals surface area contributed by atoms with Crippen LogP contribution in [0.15, 0.2) is 71.2 Å². The standard InChI is InChI=1S/C26H24BrClN2O6/c1-34-19-10-12-21(13-11-19)36-20-8-6-18(7-9-20)29-24(31)3-2-4-26(33)35-16-25(32)30-23-14-5-17(27)15-22(23)28/h5-15H,2-4,16H2,1H3,(H,29,31)(H,30,32). The minimum atomic E-state index is -0.570. The molecule has 0 atom stereocenters. The Bertz CT molecular complexity index is 1200. The molecule has 0 fully saturated rings. The number of halogens is 2. The van der Waals surface area contributed by atoms with Crippen LogP contribution in [0.2, 0.25) is 5.02 Å². The van der Waals surface area contributed by atoms with E-state index in [1.54, 1.807) is 73.8 Å². The Hall–Kier alpha value is -3.56. The molecule has 0 spiro atoms. The van der Waals surface area contributed by atoms with Gasteiger partial charge in [-0.05, 0) is 73.2 Å². The van der Waals surface area contributed by atoms with Crippen LogP contribution in [0.25, 0.3) is 0 Å². The highest BCUT2D eigenvalue weighted by Gasteiger charge is 2.11. The van der Waals surface area contributed by atoms with E-state index in [9.17, 15) is 14.4 Å². The molecule has 0 aliphatic carbocycles. The van der Waals surface area contributed by atoms with Crippen molar-refractivity contribution < 1.29 is 28.6 Å². The van der Waals surface area contributed by atoms with Crippen LogP contribution in [0.3, 0.4) is 0 Å². The third-order valence-electron chi connectivity index (χ3n) is 4.79. The molecule has 36 heavy (non-hydrogen) atoms. The number of hydrogen-bond donors (Lipinski definition) is 2. The van der Waals surface area contributed by atoms with Gasteiger partial charge in [-0.25, -0.2) is 0 Å². The quantitative estimate of drug-likeness (QED) is 0.264. The zero-order valence-corrected chi connectivity index (χ0v) is 21.7. The highest BCUT2D eigenvalue weighted by Crippen LogP contribution is 2.26. The first-order valence-corrected chi connectivity index (χ1v) is 12.1. The number of methoxy groups -OCH3 is 1. The summed E-state index contributed by atoms with van der Waals surface area (Å²) < 4.78 is 16.6. The summed E-state index contributed by atoms with van der Waals surface area (Å²) in [4.78, 5) is 36.0. The van der Waals surface area contributed by atoms with Crippen LogP contribution in [0, 0.1) is 0 Å². The molecule has 0 aliphatic rings. The van der Waals surface area contributed by atoms with E-state index in [2.05, 4.69) is 26.6 Å². The van der Waals surface area contributed by atoms with Gasteiger partial charge in [0, 0.05) is 23.0 Å². The Balaban J connectivity index is 1.33. The molecule has 3 rings (SSSR count). The highest BCUT2D eigenvalue weighted by molar-refractivity contribution is 9.10. The van der Waals surface area contributed by atoms with Crippen molar-refractivity contribution in [2.24, 2.45) is 0 Å². The van der Waals surface area contributed by atoms with Crippen molar-refractivity contribution >= 4 is 56.7 Å². The van der Waals surface area contributed by atoms with Crippen molar-refractivity contribution in [3.05, 3.63) is 76.2 Å². The predicted molar refractivity (Wildman–Crippen MR) is 141 cm³/mol. The summed E-state index contributed by atoms with van der Waals surface area (Å²) >= 11 is 9.32. The molecular formula is C26H24BrClN2O6. The van der Waals surface area contributed by atoms with E-state index >= 15 is 0 Å². The molecule has 2 N–H and O–H groups in total. The van der Waals surface area contributed by atoms with Crippen LogP contribution in [-0.2, 0) is 19.1 Å². The minimum absolute atomic E-state index is 0.00831. The highest BCUT2D eigenvalue weighted by atomic mass is 79.9. The SMILES string of the molecule is COc1ccc(Oc2ccc(NC(=O)CCCC(=O)OCC(=O)Nc3ccc(Br)cc3Cl)cc2)cc1. The topological polar surface area (TPSA) is 103 Å². The second-order valence-corrected chi connectivity index (χ2v) is 8.86. The van der Waals surface area contributed by atoms with Gasteiger partial charge < -0.3 is 24.8 Å². The normalized spacial score (nSPS) is 10.3. The first kappa shape index (κ1) is 27.0. The lowest BCUT2D eigenvalue weighted by atomic mass is 10.2. The van der Waals surface area contributed by atoms with Gasteiger partial charge in [0.2, 0.25) is 5.91 Å². The molecule has 0 saturated carbocycles. The first-order chi connectivity index (χ1) is 17.3. The largest absolute Gasteiger partial charge is 0.497 e. The van der Waals surface area contributed by atoms with E-state index in [4.69, 9.17) is 25.8 Å². The Kier molecular flexibility index (Phi) is 10.1. The molecule has 0 heterocycles. The fraction of sp³-hybridized carbons (Fsp3) is 0.192. The summed E-state index contributed by atoms with van der Waals surface area (Å²) in [5.74, 6) is 0.696. The molecule has 3 aromatic rings. The Morgan fingerprint density at radius 2 is 1.47 bits per heavy atom. The number of hydrogen-bond acceptors (Lipinski definition) is 6. The third-order valence-corrected chi connectivity index (χ3v) is 5.59. The Morgan fingerprint density at radius 1 is 0.833 bits per heavy atom. The average Bonchev–Trinajstić information content (AvgIpc) is 2.86. The molecule has 0 unspecified atom stereocenters. The Morgan fingerprint density at radius 3 is 2.11 bits per heavy atom. The number of carbonyl (C=O) groups is 3. The van der Waals surface area contributed by atoms with Crippen LogP contribution < -0.4 is 20.1 Å². The van der Waals surface area contributed by atoms with Crippen molar-refractivity contribution in [1.29, 1.82) is 0 Å². The predicted octanol–water partition coefficient (Wildman–Crippen LogP) is 6.19. The second kappa shape index (κ2) is 13.5. The van der Waals surface area contributed by atoms with E-state index in [1.807, 2.05) is 0 Å². The number of amides is 2. The molecule has 2 amide bonds.